The average Bonchev–Trinajstić information content (AvgIpc) is 2.87. The summed E-state index contributed by atoms with van der Waals surface area (Å²) < 4.78 is 0. The number of aromatic carboxylic acids is 3. The van der Waals surface area contributed by atoms with Crippen molar-refractivity contribution in [2.45, 2.75) is 40.0 Å². The van der Waals surface area contributed by atoms with Gasteiger partial charge in [0.1, 0.15) is 5.78 Å². The number of carbonyl (C=O) groups is 4. The molecule has 1 aromatic carbocycles. The van der Waals surface area contributed by atoms with E-state index < -0.39 is 29.0 Å². The Kier molecular flexibility index (Phi) is 4.94. The number of carbonyl (C=O) groups excluding carboxylic acids is 1. The molecule has 0 aliphatic heterocycles. The molecule has 7 nitrogen and oxygen atoms in total. The van der Waals surface area contributed by atoms with Crippen LogP contribution >= 0.6 is 0 Å². The number of rotatable bonds is 3. The Hall–Kier alpha value is -2.70. The molecular weight excluding hydrogens is 340 g/mol. The minimum Gasteiger partial charge on any atom is -0.478 e. The second-order valence-electron chi connectivity index (χ2n) is 7.59. The lowest BCUT2D eigenvalue weighted by Crippen LogP contribution is -2.32. The van der Waals surface area contributed by atoms with Gasteiger partial charge in [-0.1, -0.05) is 20.8 Å². The van der Waals surface area contributed by atoms with Gasteiger partial charge in [0, 0.05) is 11.8 Å². The van der Waals surface area contributed by atoms with Crippen molar-refractivity contribution in [3.05, 3.63) is 34.9 Å². The molecule has 3 N–H and O–H groups in total. The van der Waals surface area contributed by atoms with E-state index in [1.165, 1.54) is 6.42 Å². The second-order valence-corrected chi connectivity index (χ2v) is 7.59. The van der Waals surface area contributed by atoms with Crippen molar-refractivity contribution < 1.29 is 34.5 Å². The topological polar surface area (TPSA) is 129 Å². The average molecular weight is 362 g/mol. The van der Waals surface area contributed by atoms with Crippen molar-refractivity contribution >= 4 is 23.7 Å². The molecule has 2 aliphatic rings. The summed E-state index contributed by atoms with van der Waals surface area (Å²) in [6.45, 7) is 6.67. The molecule has 0 heterocycles. The summed E-state index contributed by atoms with van der Waals surface area (Å²) in [6, 6.07) is 2.81. The van der Waals surface area contributed by atoms with E-state index in [4.69, 9.17) is 15.3 Å². The molecule has 3 rings (SSSR count). The fourth-order valence-corrected chi connectivity index (χ4v) is 3.94. The van der Waals surface area contributed by atoms with E-state index in [0.717, 1.165) is 31.0 Å². The van der Waals surface area contributed by atoms with Crippen LogP contribution in [0, 0.1) is 16.7 Å². The smallest absolute Gasteiger partial charge is 0.336 e. The Labute approximate surface area is 150 Å². The Morgan fingerprint density at radius 3 is 1.85 bits per heavy atom. The molecule has 0 aromatic heterocycles. The Morgan fingerprint density at radius 1 is 0.962 bits per heavy atom. The largest absolute Gasteiger partial charge is 0.478 e. The van der Waals surface area contributed by atoms with E-state index in [1.807, 2.05) is 0 Å². The van der Waals surface area contributed by atoms with Crippen molar-refractivity contribution in [1.29, 1.82) is 0 Å². The van der Waals surface area contributed by atoms with Gasteiger partial charge < -0.3 is 15.3 Å². The standard InChI is InChI=1S/C10H16O.C9H6O6/c1-9(2)7-4-5-10(9,3)8(11)6-7;10-7(11)4-1-2-5(8(12)13)6(3-4)9(14)15/h7H,4-6H2,1-3H3;1-3H,(H,10,11)(H,12,13)(H,14,15). The fraction of sp³-hybridized carbons (Fsp3) is 0.474. The third kappa shape index (κ3) is 3.09. The third-order valence-electron chi connectivity index (χ3n) is 6.21. The summed E-state index contributed by atoms with van der Waals surface area (Å²) in [5, 5.41) is 25.9. The van der Waals surface area contributed by atoms with Crippen LogP contribution in [0.25, 0.3) is 0 Å². The molecule has 26 heavy (non-hydrogen) atoms. The van der Waals surface area contributed by atoms with Gasteiger partial charge in [0.25, 0.3) is 0 Å². The lowest BCUT2D eigenvalue weighted by atomic mass is 9.70. The number of carboxylic acid groups (broad SMARTS) is 3. The predicted octanol–water partition coefficient (Wildman–Crippen LogP) is 3.18. The molecule has 2 unspecified atom stereocenters. The molecule has 2 atom stereocenters. The fourth-order valence-electron chi connectivity index (χ4n) is 3.94. The van der Waals surface area contributed by atoms with Crippen molar-refractivity contribution in [2.24, 2.45) is 16.7 Å². The molecule has 0 radical (unpaired) electrons. The lowest BCUT2D eigenvalue weighted by Gasteiger charge is -2.32. The normalized spacial score (nSPS) is 25.3. The van der Waals surface area contributed by atoms with Gasteiger partial charge in [-0.05, 0) is 42.4 Å². The van der Waals surface area contributed by atoms with E-state index >= 15 is 0 Å². The zero-order valence-electron chi connectivity index (χ0n) is 14.9. The number of hydrogen-bond acceptors (Lipinski definition) is 4. The van der Waals surface area contributed by atoms with Crippen LogP contribution in [0.15, 0.2) is 18.2 Å². The maximum absolute atomic E-state index is 11.6. The summed E-state index contributed by atoms with van der Waals surface area (Å²) in [5.74, 6) is -3.01. The van der Waals surface area contributed by atoms with Gasteiger partial charge in [0.05, 0.1) is 16.7 Å². The first kappa shape index (κ1) is 19.6. The predicted molar refractivity (Wildman–Crippen MR) is 91.6 cm³/mol. The van der Waals surface area contributed by atoms with E-state index in [9.17, 15) is 19.2 Å². The van der Waals surface area contributed by atoms with E-state index in [1.54, 1.807) is 0 Å². The highest BCUT2D eigenvalue weighted by atomic mass is 16.4. The van der Waals surface area contributed by atoms with Gasteiger partial charge >= 0.3 is 17.9 Å². The van der Waals surface area contributed by atoms with Gasteiger partial charge in [-0.3, -0.25) is 4.79 Å². The molecule has 2 saturated carbocycles. The lowest BCUT2D eigenvalue weighted by molar-refractivity contribution is -0.128. The number of fused-ring (bicyclic) bond motifs is 2. The Bertz CT molecular complexity index is 793. The molecule has 2 bridgehead atoms. The summed E-state index contributed by atoms with van der Waals surface area (Å²) in [4.78, 5) is 43.3. The van der Waals surface area contributed by atoms with Crippen LogP contribution in [0.5, 0.6) is 0 Å². The number of Topliss-reactive ketones (excluding diaryl/α,β-unsaturated/α-hetero) is 1. The highest BCUT2D eigenvalue weighted by Crippen LogP contribution is 2.63. The van der Waals surface area contributed by atoms with Crippen LogP contribution in [0.4, 0.5) is 0 Å². The molecule has 140 valence electrons. The van der Waals surface area contributed by atoms with Gasteiger partial charge in [-0.2, -0.15) is 0 Å². The SMILES string of the molecule is CC12CCC(CC1=O)C2(C)C.O=C(O)c1ccc(C(=O)O)c(C(=O)O)c1. The maximum Gasteiger partial charge on any atom is 0.336 e. The van der Waals surface area contributed by atoms with Gasteiger partial charge in [0.2, 0.25) is 0 Å². The van der Waals surface area contributed by atoms with Crippen molar-refractivity contribution in [3.8, 4) is 0 Å². The Morgan fingerprint density at radius 2 is 1.54 bits per heavy atom. The molecule has 2 aliphatic carbocycles. The molecular formula is C19H22O7. The Balaban J connectivity index is 0.000000195. The number of benzene rings is 1. The summed E-state index contributed by atoms with van der Waals surface area (Å²) in [5.41, 5.74) is -0.936. The summed E-state index contributed by atoms with van der Waals surface area (Å²) in [6.07, 6.45) is 3.25. The summed E-state index contributed by atoms with van der Waals surface area (Å²) >= 11 is 0. The maximum atomic E-state index is 11.6. The minimum absolute atomic E-state index is 0.0255. The minimum atomic E-state index is -1.48. The van der Waals surface area contributed by atoms with E-state index in [0.29, 0.717) is 11.7 Å². The van der Waals surface area contributed by atoms with Crippen molar-refractivity contribution in [3.63, 3.8) is 0 Å². The number of carboxylic acids is 3. The molecule has 7 heteroatoms. The van der Waals surface area contributed by atoms with Crippen LogP contribution in [-0.2, 0) is 4.79 Å². The number of ketones is 1. The first-order chi connectivity index (χ1) is 11.9. The highest BCUT2D eigenvalue weighted by molar-refractivity contribution is 6.03. The van der Waals surface area contributed by atoms with Crippen LogP contribution in [-0.4, -0.2) is 39.0 Å². The quantitative estimate of drug-likeness (QED) is 0.753. The zero-order valence-corrected chi connectivity index (χ0v) is 14.9. The second kappa shape index (κ2) is 6.55. The first-order valence-corrected chi connectivity index (χ1v) is 8.29. The van der Waals surface area contributed by atoms with Crippen molar-refractivity contribution in [1.82, 2.24) is 0 Å². The molecule has 0 saturated heterocycles. The first-order valence-electron chi connectivity index (χ1n) is 8.29. The van der Waals surface area contributed by atoms with E-state index in [-0.39, 0.29) is 16.4 Å². The molecule has 0 amide bonds. The van der Waals surface area contributed by atoms with Crippen LogP contribution in [0.1, 0.15) is 71.1 Å². The van der Waals surface area contributed by atoms with Crippen LogP contribution in [0.3, 0.4) is 0 Å². The van der Waals surface area contributed by atoms with Crippen LogP contribution < -0.4 is 0 Å². The van der Waals surface area contributed by atoms with Gasteiger partial charge in [0.15, 0.2) is 0 Å². The molecule has 0 spiro atoms. The molecule has 2 fully saturated rings. The van der Waals surface area contributed by atoms with Gasteiger partial charge in [-0.15, -0.1) is 0 Å². The zero-order chi connectivity index (χ0) is 19.9. The number of hydrogen-bond donors (Lipinski definition) is 3. The highest BCUT2D eigenvalue weighted by Gasteiger charge is 2.61. The van der Waals surface area contributed by atoms with Crippen molar-refractivity contribution in [2.75, 3.05) is 0 Å². The molecule has 1 aromatic rings. The van der Waals surface area contributed by atoms with Crippen LogP contribution in [0.2, 0.25) is 0 Å². The third-order valence-corrected chi connectivity index (χ3v) is 6.21. The summed E-state index contributed by atoms with van der Waals surface area (Å²) in [7, 11) is 0. The van der Waals surface area contributed by atoms with E-state index in [2.05, 4.69) is 20.8 Å². The van der Waals surface area contributed by atoms with Gasteiger partial charge in [-0.25, -0.2) is 14.4 Å². The monoisotopic (exact) mass is 362 g/mol.